The molecule has 26 heavy (non-hydrogen) atoms. The molecule has 0 bridgehead atoms. The molecule has 0 unspecified atom stereocenters. The maximum atomic E-state index is 11.3. The van der Waals surface area contributed by atoms with Gasteiger partial charge in [-0.2, -0.15) is 0 Å². The van der Waals surface area contributed by atoms with E-state index in [9.17, 15) is 4.79 Å². The maximum Gasteiger partial charge on any atom is 0.305 e. The van der Waals surface area contributed by atoms with Gasteiger partial charge in [0.15, 0.2) is 5.96 Å². The van der Waals surface area contributed by atoms with Crippen LogP contribution in [0.5, 0.6) is 0 Å². The molecule has 1 heterocycles. The lowest BCUT2D eigenvalue weighted by Crippen LogP contribution is -2.38. The van der Waals surface area contributed by atoms with Gasteiger partial charge in [-0.15, -0.1) is 35.3 Å². The van der Waals surface area contributed by atoms with Gasteiger partial charge >= 0.3 is 5.97 Å². The first-order valence-corrected chi connectivity index (χ1v) is 10.0. The largest absolute Gasteiger partial charge is 0.466 e. The predicted molar refractivity (Wildman–Crippen MR) is 119 cm³/mol. The number of nitrogens with zero attached hydrogens (tertiary/aromatic N) is 3. The molecule has 0 aromatic carbocycles. The zero-order valence-electron chi connectivity index (χ0n) is 16.4. The van der Waals surface area contributed by atoms with Gasteiger partial charge in [-0.25, -0.2) is 4.98 Å². The minimum absolute atomic E-state index is 0. The Bertz CT molecular complexity index is 537. The van der Waals surface area contributed by atoms with Crippen LogP contribution in [0.4, 0.5) is 0 Å². The van der Waals surface area contributed by atoms with Gasteiger partial charge in [-0.1, -0.05) is 12.8 Å². The van der Waals surface area contributed by atoms with Gasteiger partial charge in [0, 0.05) is 31.9 Å². The highest BCUT2D eigenvalue weighted by Gasteiger charge is 2.08. The first-order chi connectivity index (χ1) is 12.1. The fourth-order valence-corrected chi connectivity index (χ4v) is 3.03. The lowest BCUT2D eigenvalue weighted by molar-refractivity contribution is -0.143. The maximum absolute atomic E-state index is 11.3. The third-order valence-corrected chi connectivity index (χ3v) is 4.44. The van der Waals surface area contributed by atoms with Gasteiger partial charge < -0.3 is 15.0 Å². The number of carbonyl (C=O) groups excluding carboxylic acids is 1. The van der Waals surface area contributed by atoms with Crippen LogP contribution in [0.25, 0.3) is 0 Å². The summed E-state index contributed by atoms with van der Waals surface area (Å²) in [6, 6.07) is 0. The van der Waals surface area contributed by atoms with Crippen LogP contribution in [0.15, 0.2) is 10.4 Å². The third-order valence-electron chi connectivity index (χ3n) is 3.62. The highest BCUT2D eigenvalue weighted by atomic mass is 127. The molecule has 150 valence electrons. The van der Waals surface area contributed by atoms with Crippen molar-refractivity contribution in [2.75, 3.05) is 26.7 Å². The standard InChI is InChI=1S/C18H32N4O2S.HI/c1-5-19-18(22(4)13-16-14-25-15(3)21-16)20-12-10-8-7-9-11-17(23)24-6-2;/h14H,5-13H2,1-4H3,(H,19,20);1H. The van der Waals surface area contributed by atoms with E-state index < -0.39 is 0 Å². The number of hydrogen-bond acceptors (Lipinski definition) is 5. The van der Waals surface area contributed by atoms with Gasteiger partial charge in [-0.05, 0) is 33.6 Å². The van der Waals surface area contributed by atoms with Crippen LogP contribution in [0.3, 0.4) is 0 Å². The number of aryl methyl sites for hydroxylation is 1. The van der Waals surface area contributed by atoms with Crippen molar-refractivity contribution in [2.45, 2.75) is 59.4 Å². The number of guanidine groups is 1. The van der Waals surface area contributed by atoms with E-state index in [4.69, 9.17) is 9.73 Å². The Morgan fingerprint density at radius 3 is 2.65 bits per heavy atom. The Morgan fingerprint density at radius 1 is 1.31 bits per heavy atom. The van der Waals surface area contributed by atoms with E-state index in [1.54, 1.807) is 11.3 Å². The minimum atomic E-state index is -0.0890. The summed E-state index contributed by atoms with van der Waals surface area (Å²) in [6.07, 6.45) is 4.57. The Kier molecular flexibility index (Phi) is 14.7. The molecule has 1 aromatic rings. The molecule has 0 fully saturated rings. The molecule has 0 saturated carbocycles. The van der Waals surface area contributed by atoms with Crippen LogP contribution >= 0.6 is 35.3 Å². The first-order valence-electron chi connectivity index (χ1n) is 9.12. The Balaban J connectivity index is 0.00000625. The summed E-state index contributed by atoms with van der Waals surface area (Å²) in [4.78, 5) is 22.6. The topological polar surface area (TPSA) is 66.8 Å². The van der Waals surface area contributed by atoms with Crippen molar-refractivity contribution in [3.8, 4) is 0 Å². The SMILES string of the molecule is CCNC(=NCCCCCCC(=O)OCC)N(C)Cc1csc(C)n1.I. The Labute approximate surface area is 178 Å². The molecule has 8 heteroatoms. The van der Waals surface area contributed by atoms with Crippen LogP contribution in [0, 0.1) is 6.92 Å². The molecule has 1 rings (SSSR count). The van der Waals surface area contributed by atoms with Gasteiger partial charge in [0.25, 0.3) is 0 Å². The molecule has 6 nitrogen and oxygen atoms in total. The van der Waals surface area contributed by atoms with Crippen LogP contribution in [-0.2, 0) is 16.1 Å². The van der Waals surface area contributed by atoms with Crippen molar-refractivity contribution in [1.29, 1.82) is 0 Å². The molecular weight excluding hydrogens is 463 g/mol. The summed E-state index contributed by atoms with van der Waals surface area (Å²) in [7, 11) is 2.04. The second-order valence-electron chi connectivity index (χ2n) is 5.92. The molecule has 0 saturated heterocycles. The Hall–Kier alpha value is -0.900. The van der Waals surface area contributed by atoms with E-state index in [0.29, 0.717) is 13.0 Å². The summed E-state index contributed by atoms with van der Waals surface area (Å²) in [5.41, 5.74) is 1.08. The van der Waals surface area contributed by atoms with Crippen molar-refractivity contribution in [1.82, 2.24) is 15.2 Å². The van der Waals surface area contributed by atoms with Crippen LogP contribution in [0.1, 0.15) is 56.7 Å². The van der Waals surface area contributed by atoms with Crippen molar-refractivity contribution < 1.29 is 9.53 Å². The average Bonchev–Trinajstić information content (AvgIpc) is 2.98. The number of unbranched alkanes of at least 4 members (excludes halogenated alkanes) is 3. The molecule has 1 aromatic heterocycles. The van der Waals surface area contributed by atoms with E-state index >= 15 is 0 Å². The number of aromatic nitrogens is 1. The quantitative estimate of drug-likeness (QED) is 0.165. The summed E-state index contributed by atoms with van der Waals surface area (Å²) in [5, 5.41) is 6.52. The van der Waals surface area contributed by atoms with Crippen LogP contribution in [-0.4, -0.2) is 48.6 Å². The average molecular weight is 496 g/mol. The lowest BCUT2D eigenvalue weighted by atomic mass is 10.1. The molecule has 0 aliphatic heterocycles. The summed E-state index contributed by atoms with van der Waals surface area (Å²) in [5.74, 6) is 0.827. The zero-order chi connectivity index (χ0) is 18.5. The van der Waals surface area contributed by atoms with Gasteiger partial charge in [0.05, 0.1) is 23.9 Å². The van der Waals surface area contributed by atoms with E-state index in [1.807, 2.05) is 20.9 Å². The number of carbonyl (C=O) groups is 1. The monoisotopic (exact) mass is 496 g/mol. The zero-order valence-corrected chi connectivity index (χ0v) is 19.6. The number of halogens is 1. The number of hydrogen-bond donors (Lipinski definition) is 1. The van der Waals surface area contributed by atoms with Gasteiger partial charge in [-0.3, -0.25) is 9.79 Å². The van der Waals surface area contributed by atoms with Crippen LogP contribution in [0.2, 0.25) is 0 Å². The molecule has 1 N–H and O–H groups in total. The number of aliphatic imine (C=N–C) groups is 1. The van der Waals surface area contributed by atoms with Crippen molar-refractivity contribution in [2.24, 2.45) is 4.99 Å². The minimum Gasteiger partial charge on any atom is -0.466 e. The van der Waals surface area contributed by atoms with Gasteiger partial charge in [0.2, 0.25) is 0 Å². The Morgan fingerprint density at radius 2 is 2.04 bits per heavy atom. The molecule has 0 atom stereocenters. The number of ether oxygens (including phenoxy) is 1. The molecule has 0 aliphatic rings. The highest BCUT2D eigenvalue weighted by Crippen LogP contribution is 2.10. The fraction of sp³-hybridized carbons (Fsp3) is 0.722. The smallest absolute Gasteiger partial charge is 0.305 e. The summed E-state index contributed by atoms with van der Waals surface area (Å²) < 4.78 is 4.93. The van der Waals surface area contributed by atoms with Crippen LogP contribution < -0.4 is 5.32 Å². The predicted octanol–water partition coefficient (Wildman–Crippen LogP) is 3.98. The van der Waals surface area contributed by atoms with Crippen molar-refractivity contribution in [3.05, 3.63) is 16.1 Å². The van der Waals surface area contributed by atoms with Gasteiger partial charge in [0.1, 0.15) is 0 Å². The number of esters is 1. The summed E-state index contributed by atoms with van der Waals surface area (Å²) in [6.45, 7) is 8.80. The van der Waals surface area contributed by atoms with Crippen molar-refractivity contribution >= 4 is 47.2 Å². The second-order valence-corrected chi connectivity index (χ2v) is 6.98. The normalized spacial score (nSPS) is 11.0. The third kappa shape index (κ3) is 10.9. The summed E-state index contributed by atoms with van der Waals surface area (Å²) >= 11 is 1.67. The first kappa shape index (κ1) is 25.1. The number of nitrogens with one attached hydrogen (secondary N) is 1. The molecule has 0 radical (unpaired) electrons. The lowest BCUT2D eigenvalue weighted by Gasteiger charge is -2.21. The van der Waals surface area contributed by atoms with Crippen molar-refractivity contribution in [3.63, 3.8) is 0 Å². The molecule has 0 spiro atoms. The molecule has 0 aliphatic carbocycles. The van der Waals surface area contributed by atoms with E-state index in [1.165, 1.54) is 0 Å². The molecular formula is C18H33IN4O2S. The molecule has 0 amide bonds. The second kappa shape index (κ2) is 15.2. The van der Waals surface area contributed by atoms with E-state index in [2.05, 4.69) is 27.5 Å². The number of rotatable bonds is 11. The highest BCUT2D eigenvalue weighted by molar-refractivity contribution is 14.0. The fourth-order valence-electron chi connectivity index (χ4n) is 2.42. The van der Waals surface area contributed by atoms with E-state index in [0.717, 1.165) is 62.0 Å². The van der Waals surface area contributed by atoms with E-state index in [-0.39, 0.29) is 29.9 Å². The number of thiazole rings is 1.